The molecule has 8 nitrogen and oxygen atoms in total. The van der Waals surface area contributed by atoms with E-state index in [0.717, 1.165) is 44.3 Å². The lowest BCUT2D eigenvalue weighted by atomic mass is 9.89. The number of thioether (sulfide) groups is 1. The summed E-state index contributed by atoms with van der Waals surface area (Å²) in [5.41, 5.74) is -0.322. The monoisotopic (exact) mass is 522 g/mol. The Balaban J connectivity index is 1.51. The van der Waals surface area contributed by atoms with Gasteiger partial charge in [0.2, 0.25) is 11.8 Å². The number of unbranched alkanes of at least 4 members (excludes halogenated alkanes) is 1. The Kier molecular flexibility index (Phi) is 12.4. The van der Waals surface area contributed by atoms with Gasteiger partial charge in [-0.05, 0) is 51.4 Å². The molecule has 36 heavy (non-hydrogen) atoms. The zero-order valence-corrected chi connectivity index (χ0v) is 23.4. The number of fused-ring (bicyclic) bond motifs is 1. The molecule has 2 aliphatic heterocycles. The van der Waals surface area contributed by atoms with Gasteiger partial charge in [-0.15, -0.1) is 12.3 Å². The van der Waals surface area contributed by atoms with Crippen LogP contribution in [0.25, 0.3) is 0 Å². The van der Waals surface area contributed by atoms with Crippen molar-refractivity contribution in [2.45, 2.75) is 108 Å². The highest BCUT2D eigenvalue weighted by molar-refractivity contribution is 8.00. The van der Waals surface area contributed by atoms with Gasteiger partial charge in [0.15, 0.2) is 0 Å². The molecular formula is C27H46N4O4S. The van der Waals surface area contributed by atoms with Crippen LogP contribution in [0.15, 0.2) is 0 Å². The normalized spacial score (nSPS) is 21.3. The Bertz CT molecular complexity index is 780. The fourth-order valence-corrected chi connectivity index (χ4v) is 6.02. The molecule has 0 aliphatic carbocycles. The average Bonchev–Trinajstić information content (AvgIpc) is 3.36. The minimum Gasteiger partial charge on any atom is -0.376 e. The smallest absolute Gasteiger partial charge is 0.315 e. The van der Waals surface area contributed by atoms with Gasteiger partial charge in [-0.2, -0.15) is 11.8 Å². The Morgan fingerprint density at radius 1 is 1.08 bits per heavy atom. The number of amides is 4. The van der Waals surface area contributed by atoms with Crippen molar-refractivity contribution in [3.63, 3.8) is 0 Å². The van der Waals surface area contributed by atoms with Gasteiger partial charge in [0, 0.05) is 50.0 Å². The molecule has 0 radical (unpaired) electrons. The highest BCUT2D eigenvalue weighted by Gasteiger charge is 2.42. The van der Waals surface area contributed by atoms with Crippen LogP contribution in [0.2, 0.25) is 0 Å². The van der Waals surface area contributed by atoms with Crippen molar-refractivity contribution >= 4 is 29.6 Å². The molecule has 204 valence electrons. The van der Waals surface area contributed by atoms with Crippen LogP contribution in [0.1, 0.15) is 85.5 Å². The number of nitrogens with one attached hydrogen (secondary N) is 4. The van der Waals surface area contributed by atoms with Gasteiger partial charge in [-0.1, -0.05) is 20.3 Å². The van der Waals surface area contributed by atoms with Crippen molar-refractivity contribution in [1.29, 1.82) is 0 Å². The molecule has 2 rings (SSSR count). The summed E-state index contributed by atoms with van der Waals surface area (Å²) in [6, 6.07) is 0.434. The third-order valence-corrected chi connectivity index (χ3v) is 8.40. The predicted octanol–water partition coefficient (Wildman–Crippen LogP) is 3.35. The van der Waals surface area contributed by atoms with Crippen molar-refractivity contribution in [3.05, 3.63) is 0 Å². The second-order valence-electron chi connectivity index (χ2n) is 11.3. The van der Waals surface area contributed by atoms with E-state index in [1.54, 1.807) is 0 Å². The van der Waals surface area contributed by atoms with Crippen molar-refractivity contribution < 1.29 is 19.1 Å². The van der Waals surface area contributed by atoms with E-state index in [2.05, 4.69) is 54.9 Å². The number of hydrogen-bond acceptors (Lipinski definition) is 5. The van der Waals surface area contributed by atoms with Crippen LogP contribution in [0.4, 0.5) is 4.79 Å². The van der Waals surface area contributed by atoms with Crippen LogP contribution in [-0.2, 0) is 14.3 Å². The van der Waals surface area contributed by atoms with Crippen LogP contribution in [0.3, 0.4) is 0 Å². The standard InChI is InChI=1S/C27H46N4O4S/c1-6-7-12-22(32)28-16-10-14-27(4,5)35-17-15-26(2,3)19-29-23(33)13-9-8-11-21-24-20(18-36-21)30-25(34)31-24/h1,20-21,24H,7-19H2,2-5H3,(H,28,32)(H,29,33)(H2,30,31,34)/t20-,21-,24-/m0/s1. The molecule has 0 saturated carbocycles. The maximum atomic E-state index is 12.3. The SMILES string of the molecule is C#CCCC(=O)NCCCC(C)(C)OCCC(C)(C)CNC(=O)CCCC[C@@H]1SC[C@@H]2NC(=O)N[C@@H]21. The number of carbonyl (C=O) groups is 3. The van der Waals surface area contributed by atoms with Gasteiger partial charge in [0.25, 0.3) is 0 Å². The number of hydrogen-bond donors (Lipinski definition) is 4. The fraction of sp³-hybridized carbons (Fsp3) is 0.815. The van der Waals surface area contributed by atoms with Crippen LogP contribution < -0.4 is 21.3 Å². The fourth-order valence-electron chi connectivity index (χ4n) is 4.48. The molecule has 0 aromatic rings. The number of urea groups is 1. The molecule has 2 fully saturated rings. The van der Waals surface area contributed by atoms with E-state index >= 15 is 0 Å². The summed E-state index contributed by atoms with van der Waals surface area (Å²) in [5.74, 6) is 3.54. The second kappa shape index (κ2) is 14.7. The largest absolute Gasteiger partial charge is 0.376 e. The van der Waals surface area contributed by atoms with Crippen LogP contribution in [0, 0.1) is 17.8 Å². The maximum absolute atomic E-state index is 12.3. The molecule has 0 aromatic heterocycles. The molecule has 0 aromatic carbocycles. The maximum Gasteiger partial charge on any atom is 0.315 e. The first kappa shape index (κ1) is 30.3. The summed E-state index contributed by atoms with van der Waals surface area (Å²) in [6.45, 7) is 10.3. The third-order valence-electron chi connectivity index (χ3n) is 6.89. The molecule has 0 spiro atoms. The van der Waals surface area contributed by atoms with Gasteiger partial charge in [0.1, 0.15) is 0 Å². The summed E-state index contributed by atoms with van der Waals surface area (Å²) >= 11 is 1.91. The van der Waals surface area contributed by atoms with E-state index in [0.29, 0.717) is 44.2 Å². The molecule has 3 atom stereocenters. The first-order valence-corrected chi connectivity index (χ1v) is 14.4. The minimum absolute atomic E-state index is 0.00181. The number of carbonyl (C=O) groups excluding carboxylic acids is 3. The Hall–Kier alpha value is -1.92. The van der Waals surface area contributed by atoms with Gasteiger partial charge in [-0.25, -0.2) is 4.79 Å². The van der Waals surface area contributed by atoms with E-state index in [1.165, 1.54) is 0 Å². The van der Waals surface area contributed by atoms with Crippen LogP contribution in [0.5, 0.6) is 0 Å². The zero-order valence-electron chi connectivity index (χ0n) is 22.5. The first-order chi connectivity index (χ1) is 17.0. The molecule has 4 N–H and O–H groups in total. The second-order valence-corrected chi connectivity index (χ2v) is 12.6. The summed E-state index contributed by atoms with van der Waals surface area (Å²) in [4.78, 5) is 35.4. The van der Waals surface area contributed by atoms with Gasteiger partial charge < -0.3 is 26.0 Å². The topological polar surface area (TPSA) is 109 Å². The zero-order chi connectivity index (χ0) is 26.6. The molecular weight excluding hydrogens is 476 g/mol. The quantitative estimate of drug-likeness (QED) is 0.133. The third kappa shape index (κ3) is 11.4. The minimum atomic E-state index is -0.266. The van der Waals surface area contributed by atoms with Crippen molar-refractivity contribution in [3.8, 4) is 12.3 Å². The van der Waals surface area contributed by atoms with E-state index in [1.807, 2.05) is 11.8 Å². The van der Waals surface area contributed by atoms with Crippen LogP contribution >= 0.6 is 11.8 Å². The number of terminal acetylenes is 1. The Morgan fingerprint density at radius 2 is 1.83 bits per heavy atom. The Morgan fingerprint density at radius 3 is 2.58 bits per heavy atom. The molecule has 0 unspecified atom stereocenters. The number of ether oxygens (including phenoxy) is 1. The lowest BCUT2D eigenvalue weighted by molar-refractivity contribution is -0.122. The molecule has 4 amide bonds. The van der Waals surface area contributed by atoms with E-state index in [9.17, 15) is 14.4 Å². The lowest BCUT2D eigenvalue weighted by Gasteiger charge is -2.30. The summed E-state index contributed by atoms with van der Waals surface area (Å²) in [7, 11) is 0. The predicted molar refractivity (Wildman–Crippen MR) is 146 cm³/mol. The summed E-state index contributed by atoms with van der Waals surface area (Å²) in [6.07, 6.45) is 12.0. The highest BCUT2D eigenvalue weighted by Crippen LogP contribution is 2.33. The van der Waals surface area contributed by atoms with Crippen molar-refractivity contribution in [2.24, 2.45) is 5.41 Å². The lowest BCUT2D eigenvalue weighted by Crippen LogP contribution is -2.37. The molecule has 0 bridgehead atoms. The summed E-state index contributed by atoms with van der Waals surface area (Å²) < 4.78 is 6.12. The van der Waals surface area contributed by atoms with Gasteiger partial charge in [-0.3, -0.25) is 9.59 Å². The van der Waals surface area contributed by atoms with E-state index in [4.69, 9.17) is 11.2 Å². The highest BCUT2D eigenvalue weighted by atomic mass is 32.2. The van der Waals surface area contributed by atoms with E-state index < -0.39 is 0 Å². The van der Waals surface area contributed by atoms with Crippen molar-refractivity contribution in [1.82, 2.24) is 21.3 Å². The van der Waals surface area contributed by atoms with E-state index in [-0.39, 0.29) is 40.9 Å². The summed E-state index contributed by atoms with van der Waals surface area (Å²) in [5, 5.41) is 12.4. The first-order valence-electron chi connectivity index (χ1n) is 13.3. The van der Waals surface area contributed by atoms with Crippen molar-refractivity contribution in [2.75, 3.05) is 25.4 Å². The molecule has 2 aliphatic rings. The number of rotatable bonds is 17. The molecule has 2 heterocycles. The Labute approximate surface area is 221 Å². The molecule has 2 saturated heterocycles. The van der Waals surface area contributed by atoms with Gasteiger partial charge >= 0.3 is 6.03 Å². The van der Waals surface area contributed by atoms with Gasteiger partial charge in [0.05, 0.1) is 17.7 Å². The van der Waals surface area contributed by atoms with Crippen LogP contribution in [-0.4, -0.2) is 66.2 Å². The average molecular weight is 523 g/mol. The molecule has 9 heteroatoms.